The number of aliphatic hydroxyl groups is 4. The maximum atomic E-state index is 10.3. The predicted molar refractivity (Wildman–Crippen MR) is 104 cm³/mol. The van der Waals surface area contributed by atoms with Crippen LogP contribution in [0.25, 0.3) is 10.9 Å². The summed E-state index contributed by atoms with van der Waals surface area (Å²) in [6.45, 7) is 6.64. The number of fused-ring (bicyclic) bond motifs is 1. The van der Waals surface area contributed by atoms with Gasteiger partial charge >= 0.3 is 0 Å². The molecule has 5 N–H and O–H groups in total. The van der Waals surface area contributed by atoms with E-state index in [1.54, 1.807) is 6.07 Å². The second-order valence-electron chi connectivity index (χ2n) is 7.08. The highest BCUT2D eigenvalue weighted by Crippen LogP contribution is 2.32. The highest BCUT2D eigenvalue weighted by atomic mass is 16.7. The number of aromatic amines is 1. The summed E-state index contributed by atoms with van der Waals surface area (Å²) < 4.78 is 11.4. The number of ether oxygens (including phenoxy) is 2. The normalized spacial score (nSPS) is 28.2. The lowest BCUT2D eigenvalue weighted by Gasteiger charge is -2.39. The fraction of sp³-hybridized carbons (Fsp3) is 0.600. The smallest absolute Gasteiger partial charge is 0.229 e. The van der Waals surface area contributed by atoms with E-state index in [1.165, 1.54) is 0 Å². The molecular weight excluding hydrogens is 364 g/mol. The Morgan fingerprint density at radius 1 is 1.11 bits per heavy atom. The Bertz CT molecular complexity index is 760. The molecule has 3 rings (SSSR count). The first-order valence-corrected chi connectivity index (χ1v) is 9.78. The summed E-state index contributed by atoms with van der Waals surface area (Å²) in [5.41, 5.74) is 1.98. The average Bonchev–Trinajstić information content (AvgIpc) is 3.13. The average molecular weight is 394 g/mol. The summed E-state index contributed by atoms with van der Waals surface area (Å²) in [4.78, 5) is 5.57. The highest BCUT2D eigenvalue weighted by Gasteiger charge is 2.44. The van der Waals surface area contributed by atoms with Gasteiger partial charge < -0.3 is 39.8 Å². The zero-order chi connectivity index (χ0) is 20.3. The molecule has 8 nitrogen and oxygen atoms in total. The Hall–Kier alpha value is -1.68. The van der Waals surface area contributed by atoms with Crippen molar-refractivity contribution in [2.45, 2.75) is 51.0 Å². The number of aromatic nitrogens is 1. The van der Waals surface area contributed by atoms with E-state index < -0.39 is 37.3 Å². The van der Waals surface area contributed by atoms with Gasteiger partial charge in [0.2, 0.25) is 6.29 Å². The minimum Gasteiger partial charge on any atom is -0.461 e. The quantitative estimate of drug-likeness (QED) is 0.435. The Morgan fingerprint density at radius 3 is 2.54 bits per heavy atom. The zero-order valence-electron chi connectivity index (χ0n) is 16.3. The molecular formula is C20H30N2O6. The van der Waals surface area contributed by atoms with Crippen LogP contribution in [0, 0.1) is 0 Å². The van der Waals surface area contributed by atoms with Gasteiger partial charge in [-0.3, -0.25) is 0 Å². The Kier molecular flexibility index (Phi) is 6.92. The van der Waals surface area contributed by atoms with Crippen molar-refractivity contribution < 1.29 is 29.9 Å². The van der Waals surface area contributed by atoms with Crippen molar-refractivity contribution in [3.8, 4) is 5.75 Å². The van der Waals surface area contributed by atoms with E-state index in [0.717, 1.165) is 42.5 Å². The number of rotatable bonds is 8. The summed E-state index contributed by atoms with van der Waals surface area (Å²) in [5, 5.41) is 40.4. The standard InChI is InChI=1S/C20H30N2O6/c1-3-22(4-2)9-8-12-10-21-13-6-5-7-14(16(12)13)27-20-19(26)18(25)17(24)15(11-23)28-20/h5-7,10,15,17-21,23-26H,3-4,8-9,11H2,1-2H3. The van der Waals surface area contributed by atoms with Crippen LogP contribution in [0.3, 0.4) is 0 Å². The van der Waals surface area contributed by atoms with Crippen molar-refractivity contribution in [1.29, 1.82) is 0 Å². The number of hydrogen-bond acceptors (Lipinski definition) is 7. The molecule has 1 aliphatic rings. The summed E-state index contributed by atoms with van der Waals surface area (Å²) in [6, 6.07) is 5.54. The molecule has 156 valence electrons. The van der Waals surface area contributed by atoms with Crippen LogP contribution in [0.1, 0.15) is 19.4 Å². The zero-order valence-corrected chi connectivity index (χ0v) is 16.3. The molecule has 0 spiro atoms. The van der Waals surface area contributed by atoms with Gasteiger partial charge in [-0.05, 0) is 37.2 Å². The fourth-order valence-corrected chi connectivity index (χ4v) is 3.62. The van der Waals surface area contributed by atoms with Crippen molar-refractivity contribution in [2.24, 2.45) is 0 Å². The van der Waals surface area contributed by atoms with Gasteiger partial charge in [-0.1, -0.05) is 19.9 Å². The maximum absolute atomic E-state index is 10.3. The SMILES string of the molecule is CCN(CC)CCc1c[nH]c2cccc(OC3OC(CO)C(O)C(O)C3O)c12. The molecule has 8 heteroatoms. The second kappa shape index (κ2) is 9.21. The van der Waals surface area contributed by atoms with Gasteiger partial charge in [-0.15, -0.1) is 0 Å². The van der Waals surface area contributed by atoms with Gasteiger partial charge in [-0.2, -0.15) is 0 Å². The Balaban J connectivity index is 1.83. The third kappa shape index (κ3) is 4.17. The van der Waals surface area contributed by atoms with Crippen molar-refractivity contribution in [2.75, 3.05) is 26.2 Å². The van der Waals surface area contributed by atoms with Crippen LogP contribution < -0.4 is 4.74 Å². The monoisotopic (exact) mass is 394 g/mol. The van der Waals surface area contributed by atoms with Crippen LogP contribution in [0.2, 0.25) is 0 Å². The number of H-pyrrole nitrogens is 1. The third-order valence-electron chi connectivity index (χ3n) is 5.43. The molecule has 1 fully saturated rings. The second-order valence-corrected chi connectivity index (χ2v) is 7.08. The number of aliphatic hydroxyl groups excluding tert-OH is 4. The van der Waals surface area contributed by atoms with Gasteiger partial charge in [0.15, 0.2) is 0 Å². The molecule has 1 saturated heterocycles. The maximum Gasteiger partial charge on any atom is 0.229 e. The molecule has 28 heavy (non-hydrogen) atoms. The van der Waals surface area contributed by atoms with Crippen molar-refractivity contribution >= 4 is 10.9 Å². The van der Waals surface area contributed by atoms with Gasteiger partial charge in [0.05, 0.1) is 6.61 Å². The van der Waals surface area contributed by atoms with E-state index in [1.807, 2.05) is 18.3 Å². The van der Waals surface area contributed by atoms with E-state index in [2.05, 4.69) is 23.7 Å². The molecule has 0 amide bonds. The van der Waals surface area contributed by atoms with Gasteiger partial charge in [-0.25, -0.2) is 0 Å². The molecule has 0 aliphatic carbocycles. The van der Waals surface area contributed by atoms with E-state index in [-0.39, 0.29) is 0 Å². The van der Waals surface area contributed by atoms with E-state index in [0.29, 0.717) is 5.75 Å². The molecule has 0 bridgehead atoms. The Morgan fingerprint density at radius 2 is 1.86 bits per heavy atom. The van der Waals surface area contributed by atoms with E-state index >= 15 is 0 Å². The molecule has 0 radical (unpaired) electrons. The van der Waals surface area contributed by atoms with Crippen LogP contribution in [0.4, 0.5) is 0 Å². The van der Waals surface area contributed by atoms with E-state index in [4.69, 9.17) is 9.47 Å². The van der Waals surface area contributed by atoms with E-state index in [9.17, 15) is 20.4 Å². The van der Waals surface area contributed by atoms with Gasteiger partial charge in [0, 0.05) is 23.6 Å². The predicted octanol–water partition coefficient (Wildman–Crippen LogP) is 0.231. The van der Waals surface area contributed by atoms with Crippen LogP contribution in [-0.2, 0) is 11.2 Å². The van der Waals surface area contributed by atoms with Crippen molar-refractivity contribution in [1.82, 2.24) is 9.88 Å². The third-order valence-corrected chi connectivity index (χ3v) is 5.43. The first kappa shape index (κ1) is 21.0. The first-order chi connectivity index (χ1) is 13.5. The van der Waals surface area contributed by atoms with Crippen LogP contribution in [0.5, 0.6) is 5.75 Å². The lowest BCUT2D eigenvalue weighted by atomic mass is 9.99. The summed E-state index contributed by atoms with van der Waals surface area (Å²) in [6.07, 6.45) is -3.74. The largest absolute Gasteiger partial charge is 0.461 e. The fourth-order valence-electron chi connectivity index (χ4n) is 3.62. The summed E-state index contributed by atoms with van der Waals surface area (Å²) in [7, 11) is 0. The van der Waals surface area contributed by atoms with Gasteiger partial charge in [0.25, 0.3) is 0 Å². The minimum atomic E-state index is -1.47. The number of nitrogens with one attached hydrogen (secondary N) is 1. The van der Waals surface area contributed by atoms with Gasteiger partial charge in [0.1, 0.15) is 30.2 Å². The van der Waals surface area contributed by atoms with Crippen molar-refractivity contribution in [3.63, 3.8) is 0 Å². The highest BCUT2D eigenvalue weighted by molar-refractivity contribution is 5.89. The lowest BCUT2D eigenvalue weighted by molar-refractivity contribution is -0.277. The Labute approximate surface area is 164 Å². The number of nitrogens with zero attached hydrogens (tertiary/aromatic N) is 1. The number of likely N-dealkylation sites (N-methyl/N-ethyl adjacent to an activating group) is 1. The molecule has 2 heterocycles. The lowest BCUT2D eigenvalue weighted by Crippen LogP contribution is -2.60. The van der Waals surface area contributed by atoms with Crippen LogP contribution in [-0.4, -0.2) is 87.3 Å². The van der Waals surface area contributed by atoms with Crippen LogP contribution in [0.15, 0.2) is 24.4 Å². The molecule has 1 aromatic heterocycles. The minimum absolute atomic E-state index is 0.492. The summed E-state index contributed by atoms with van der Waals surface area (Å²) in [5.74, 6) is 0.512. The van der Waals surface area contributed by atoms with Crippen molar-refractivity contribution in [3.05, 3.63) is 30.0 Å². The number of hydrogen-bond donors (Lipinski definition) is 5. The van der Waals surface area contributed by atoms with Crippen LogP contribution >= 0.6 is 0 Å². The first-order valence-electron chi connectivity index (χ1n) is 9.78. The molecule has 0 saturated carbocycles. The molecule has 5 unspecified atom stereocenters. The number of benzene rings is 1. The molecule has 5 atom stereocenters. The molecule has 1 aliphatic heterocycles. The topological polar surface area (TPSA) is 118 Å². The molecule has 1 aromatic carbocycles. The summed E-state index contributed by atoms with van der Waals surface area (Å²) >= 11 is 0. The molecule has 2 aromatic rings.